The average molecular weight is 297 g/mol. The molecule has 114 valence electrons. The minimum atomic E-state index is -0.0759. The summed E-state index contributed by atoms with van der Waals surface area (Å²) < 4.78 is 5.76. The smallest absolute Gasteiger partial charge is 0.229 e. The predicted octanol–water partition coefficient (Wildman–Crippen LogP) is 1.96. The number of hydrogen-bond donors (Lipinski definition) is 1. The topological polar surface area (TPSA) is 54.5 Å². The highest BCUT2D eigenvalue weighted by Gasteiger charge is 2.24. The Morgan fingerprint density at radius 3 is 2.68 bits per heavy atom. The third kappa shape index (κ3) is 3.83. The van der Waals surface area contributed by atoms with Crippen LogP contribution in [0.1, 0.15) is 5.56 Å². The number of nitrogens with zero attached hydrogens (tertiary/aromatic N) is 2. The van der Waals surface area contributed by atoms with Gasteiger partial charge in [0.15, 0.2) is 0 Å². The van der Waals surface area contributed by atoms with Crippen molar-refractivity contribution < 1.29 is 9.53 Å². The lowest BCUT2D eigenvalue weighted by Crippen LogP contribution is -2.51. The highest BCUT2D eigenvalue weighted by atomic mass is 16.5. The highest BCUT2D eigenvalue weighted by molar-refractivity contribution is 5.91. The van der Waals surface area contributed by atoms with E-state index in [0.717, 1.165) is 24.4 Å². The molecule has 22 heavy (non-hydrogen) atoms. The van der Waals surface area contributed by atoms with Crippen molar-refractivity contribution in [2.24, 2.45) is 0 Å². The van der Waals surface area contributed by atoms with Crippen LogP contribution in [0.5, 0.6) is 5.75 Å². The van der Waals surface area contributed by atoms with Gasteiger partial charge in [-0.25, -0.2) is 4.98 Å². The van der Waals surface area contributed by atoms with Crippen molar-refractivity contribution in [1.82, 2.24) is 9.88 Å². The lowest BCUT2D eigenvalue weighted by Gasteiger charge is -2.35. The quantitative estimate of drug-likeness (QED) is 0.916. The van der Waals surface area contributed by atoms with Gasteiger partial charge in [-0.2, -0.15) is 0 Å². The van der Waals surface area contributed by atoms with E-state index in [1.165, 1.54) is 0 Å². The molecule has 1 aliphatic rings. The van der Waals surface area contributed by atoms with Gasteiger partial charge in [0.2, 0.25) is 5.91 Å². The third-order valence-electron chi connectivity index (χ3n) is 3.54. The van der Waals surface area contributed by atoms with E-state index < -0.39 is 0 Å². The van der Waals surface area contributed by atoms with Crippen LogP contribution >= 0.6 is 0 Å². The molecular weight excluding hydrogens is 278 g/mol. The molecule has 1 fully saturated rings. The monoisotopic (exact) mass is 297 g/mol. The molecule has 5 heteroatoms. The first-order valence-corrected chi connectivity index (χ1v) is 7.34. The molecule has 1 saturated heterocycles. The number of anilines is 1. The van der Waals surface area contributed by atoms with E-state index in [9.17, 15) is 4.79 Å². The second-order valence-corrected chi connectivity index (χ2v) is 5.55. The van der Waals surface area contributed by atoms with Crippen LogP contribution in [0.4, 0.5) is 5.82 Å². The van der Waals surface area contributed by atoms with E-state index in [-0.39, 0.29) is 12.0 Å². The molecule has 0 bridgehead atoms. The van der Waals surface area contributed by atoms with E-state index >= 15 is 0 Å². The van der Waals surface area contributed by atoms with Crippen LogP contribution in [-0.4, -0.2) is 42.0 Å². The molecule has 0 atom stereocenters. The van der Waals surface area contributed by atoms with Gasteiger partial charge in [0.1, 0.15) is 17.7 Å². The molecule has 1 amide bonds. The number of likely N-dealkylation sites (tertiary alicyclic amines) is 1. The Bertz CT molecular complexity index is 622. The zero-order chi connectivity index (χ0) is 15.4. The number of hydrogen-bond acceptors (Lipinski definition) is 4. The number of carbonyl (C=O) groups is 1. The van der Waals surface area contributed by atoms with Crippen molar-refractivity contribution in [3.63, 3.8) is 0 Å². The van der Waals surface area contributed by atoms with Crippen molar-refractivity contribution >= 4 is 11.7 Å². The van der Waals surface area contributed by atoms with E-state index in [2.05, 4.69) is 22.2 Å². The minimum absolute atomic E-state index is 0.0759. The number of pyridine rings is 1. The zero-order valence-electron chi connectivity index (χ0n) is 12.5. The summed E-state index contributed by atoms with van der Waals surface area (Å²) >= 11 is 0. The van der Waals surface area contributed by atoms with Gasteiger partial charge in [-0.1, -0.05) is 30.3 Å². The normalized spacial score (nSPS) is 15.1. The SMILES string of the molecule is CN1CC(Oc2ccc(NC(=O)Cc3ccccc3)nc2)C1. The molecule has 0 saturated carbocycles. The largest absolute Gasteiger partial charge is 0.486 e. The van der Waals surface area contributed by atoms with Gasteiger partial charge in [-0.05, 0) is 24.7 Å². The van der Waals surface area contributed by atoms with Crippen LogP contribution in [0.2, 0.25) is 0 Å². The molecule has 1 aromatic carbocycles. The van der Waals surface area contributed by atoms with Crippen molar-refractivity contribution in [2.75, 3.05) is 25.5 Å². The molecular formula is C17H19N3O2. The Morgan fingerprint density at radius 1 is 1.27 bits per heavy atom. The van der Waals surface area contributed by atoms with Gasteiger partial charge >= 0.3 is 0 Å². The van der Waals surface area contributed by atoms with E-state index in [4.69, 9.17) is 4.74 Å². The molecule has 0 aliphatic carbocycles. The van der Waals surface area contributed by atoms with Crippen molar-refractivity contribution in [3.05, 3.63) is 54.2 Å². The van der Waals surface area contributed by atoms with Crippen LogP contribution in [0.15, 0.2) is 48.7 Å². The van der Waals surface area contributed by atoms with Gasteiger partial charge in [-0.3, -0.25) is 9.69 Å². The van der Waals surface area contributed by atoms with Crippen LogP contribution < -0.4 is 10.1 Å². The molecule has 1 aliphatic heterocycles. The lowest BCUT2D eigenvalue weighted by molar-refractivity contribution is -0.115. The van der Waals surface area contributed by atoms with Gasteiger partial charge < -0.3 is 10.1 Å². The Labute approximate surface area is 129 Å². The fourth-order valence-electron chi connectivity index (χ4n) is 2.40. The summed E-state index contributed by atoms with van der Waals surface area (Å²) in [6, 6.07) is 13.2. The number of carbonyl (C=O) groups excluding carboxylic acids is 1. The van der Waals surface area contributed by atoms with Crippen molar-refractivity contribution in [2.45, 2.75) is 12.5 Å². The summed E-state index contributed by atoms with van der Waals surface area (Å²) in [5.41, 5.74) is 0.981. The molecule has 0 radical (unpaired) electrons. The van der Waals surface area contributed by atoms with Gasteiger partial charge in [-0.15, -0.1) is 0 Å². The molecule has 1 aromatic heterocycles. The predicted molar refractivity (Wildman–Crippen MR) is 84.9 cm³/mol. The maximum absolute atomic E-state index is 11.9. The van der Waals surface area contributed by atoms with Crippen LogP contribution in [0.25, 0.3) is 0 Å². The summed E-state index contributed by atoms with van der Waals surface area (Å²) in [4.78, 5) is 18.4. The maximum atomic E-state index is 11.9. The van der Waals surface area contributed by atoms with Gasteiger partial charge in [0.25, 0.3) is 0 Å². The molecule has 0 spiro atoms. The Balaban J connectivity index is 1.51. The molecule has 5 nitrogen and oxygen atoms in total. The number of nitrogens with one attached hydrogen (secondary N) is 1. The van der Waals surface area contributed by atoms with E-state index in [1.807, 2.05) is 36.4 Å². The second-order valence-electron chi connectivity index (χ2n) is 5.55. The molecule has 2 heterocycles. The number of amides is 1. The molecule has 2 aromatic rings. The lowest BCUT2D eigenvalue weighted by atomic mass is 10.1. The summed E-state index contributed by atoms with van der Waals surface area (Å²) in [7, 11) is 2.06. The number of rotatable bonds is 5. The van der Waals surface area contributed by atoms with Crippen LogP contribution in [0.3, 0.4) is 0 Å². The Kier molecular flexibility index (Phi) is 4.34. The molecule has 1 N–H and O–H groups in total. The first-order chi connectivity index (χ1) is 10.7. The Hall–Kier alpha value is -2.40. The fraction of sp³-hybridized carbons (Fsp3) is 0.294. The van der Waals surface area contributed by atoms with Crippen LogP contribution in [-0.2, 0) is 11.2 Å². The third-order valence-corrected chi connectivity index (χ3v) is 3.54. The summed E-state index contributed by atoms with van der Waals surface area (Å²) in [6.45, 7) is 1.88. The zero-order valence-corrected chi connectivity index (χ0v) is 12.5. The number of ether oxygens (including phenoxy) is 1. The summed E-state index contributed by atoms with van der Waals surface area (Å²) in [6.07, 6.45) is 2.23. The first-order valence-electron chi connectivity index (χ1n) is 7.34. The van der Waals surface area contributed by atoms with E-state index in [0.29, 0.717) is 12.2 Å². The fourth-order valence-corrected chi connectivity index (χ4v) is 2.40. The number of aromatic nitrogens is 1. The number of benzene rings is 1. The van der Waals surface area contributed by atoms with E-state index in [1.54, 1.807) is 12.3 Å². The number of likely N-dealkylation sites (N-methyl/N-ethyl adjacent to an activating group) is 1. The van der Waals surface area contributed by atoms with Crippen molar-refractivity contribution in [3.8, 4) is 5.75 Å². The standard InChI is InChI=1S/C17H19N3O2/c1-20-11-15(12-20)22-14-7-8-16(18-10-14)19-17(21)9-13-5-3-2-4-6-13/h2-8,10,15H,9,11-12H2,1H3,(H,18,19,21). The first kappa shape index (κ1) is 14.5. The van der Waals surface area contributed by atoms with Crippen LogP contribution in [0, 0.1) is 0 Å². The highest BCUT2D eigenvalue weighted by Crippen LogP contribution is 2.17. The summed E-state index contributed by atoms with van der Waals surface area (Å²) in [5.74, 6) is 1.20. The second kappa shape index (κ2) is 6.58. The maximum Gasteiger partial charge on any atom is 0.229 e. The average Bonchev–Trinajstić information content (AvgIpc) is 2.48. The molecule has 0 unspecified atom stereocenters. The molecule has 3 rings (SSSR count). The van der Waals surface area contributed by atoms with Crippen molar-refractivity contribution in [1.29, 1.82) is 0 Å². The van der Waals surface area contributed by atoms with Gasteiger partial charge in [0.05, 0.1) is 12.6 Å². The minimum Gasteiger partial charge on any atom is -0.486 e. The van der Waals surface area contributed by atoms with Gasteiger partial charge in [0, 0.05) is 13.1 Å². The summed E-state index contributed by atoms with van der Waals surface area (Å²) in [5, 5.41) is 2.79. The Morgan fingerprint density at radius 2 is 2.05 bits per heavy atom.